The third-order valence-electron chi connectivity index (χ3n) is 3.68. The van der Waals surface area contributed by atoms with Crippen LogP contribution >= 0.6 is 0 Å². The van der Waals surface area contributed by atoms with Crippen molar-refractivity contribution >= 4 is 18.0 Å². The van der Waals surface area contributed by atoms with E-state index in [-0.39, 0.29) is 13.0 Å². The third kappa shape index (κ3) is 7.75. The van der Waals surface area contributed by atoms with Crippen LogP contribution in [0.2, 0.25) is 0 Å². The highest BCUT2D eigenvalue weighted by Crippen LogP contribution is 2.07. The number of carboxylic acids is 1. The van der Waals surface area contributed by atoms with E-state index in [4.69, 9.17) is 10.00 Å². The average molecular weight is 377 g/mol. The van der Waals surface area contributed by atoms with Gasteiger partial charge in [-0.25, -0.2) is 9.59 Å². The minimum absolute atomic E-state index is 0.0295. The van der Waals surface area contributed by atoms with Crippen molar-refractivity contribution in [3.8, 4) is 6.07 Å². The summed E-state index contributed by atoms with van der Waals surface area (Å²) in [7, 11) is 0. The maximum absolute atomic E-state index is 12.3. The fourth-order valence-electron chi connectivity index (χ4n) is 2.19. The number of carbonyl (C=O) groups excluding carboxylic acids is 2. The Morgan fingerprint density at radius 1 is 1.19 bits per heavy atom. The Kier molecular flexibility index (Phi) is 8.75. The van der Waals surface area contributed by atoms with Gasteiger partial charge in [0, 0.05) is 5.92 Å². The van der Waals surface area contributed by atoms with E-state index in [1.807, 2.05) is 12.1 Å². The fraction of sp³-hybridized carbons (Fsp3) is 0.444. The number of rotatable bonds is 9. The average Bonchev–Trinajstić information content (AvgIpc) is 2.64. The number of amides is 2. The van der Waals surface area contributed by atoms with Crippen molar-refractivity contribution in [2.24, 2.45) is 5.92 Å². The van der Waals surface area contributed by atoms with Crippen LogP contribution in [-0.2, 0) is 20.9 Å². The number of ether oxygens (including phenoxy) is 1. The van der Waals surface area contributed by atoms with Crippen LogP contribution in [0.4, 0.5) is 4.79 Å². The molecule has 9 nitrogen and oxygen atoms in total. The molecule has 146 valence electrons. The number of nitrogens with one attached hydrogen (secondary N) is 2. The van der Waals surface area contributed by atoms with E-state index in [1.165, 1.54) is 13.8 Å². The Bertz CT molecular complexity index is 686. The summed E-state index contributed by atoms with van der Waals surface area (Å²) in [5, 5.41) is 32.2. The lowest BCUT2D eigenvalue weighted by Crippen LogP contribution is -2.56. The van der Waals surface area contributed by atoms with Crippen molar-refractivity contribution in [3.05, 3.63) is 35.9 Å². The van der Waals surface area contributed by atoms with Gasteiger partial charge >= 0.3 is 12.1 Å². The van der Waals surface area contributed by atoms with E-state index < -0.39 is 42.1 Å². The van der Waals surface area contributed by atoms with Crippen LogP contribution in [-0.4, -0.2) is 46.4 Å². The smallest absolute Gasteiger partial charge is 0.408 e. The molecule has 4 atom stereocenters. The quantitative estimate of drug-likeness (QED) is 0.497. The van der Waals surface area contributed by atoms with Gasteiger partial charge in [-0.3, -0.25) is 4.79 Å². The molecular formula is C18H23N3O6. The number of hydrogen-bond donors (Lipinski definition) is 4. The van der Waals surface area contributed by atoms with Gasteiger partial charge in [-0.2, -0.15) is 5.26 Å². The van der Waals surface area contributed by atoms with E-state index in [2.05, 4.69) is 10.6 Å². The van der Waals surface area contributed by atoms with Gasteiger partial charge in [0.2, 0.25) is 5.91 Å². The van der Waals surface area contributed by atoms with Crippen molar-refractivity contribution < 1.29 is 29.3 Å². The van der Waals surface area contributed by atoms with Crippen LogP contribution in [0.15, 0.2) is 30.3 Å². The zero-order valence-electron chi connectivity index (χ0n) is 15.1. The molecule has 2 amide bonds. The highest BCUT2D eigenvalue weighted by molar-refractivity contribution is 5.89. The second-order valence-corrected chi connectivity index (χ2v) is 6.09. The Morgan fingerprint density at radius 2 is 1.81 bits per heavy atom. The zero-order valence-corrected chi connectivity index (χ0v) is 15.1. The molecular weight excluding hydrogens is 354 g/mol. The predicted octanol–water partition coefficient (Wildman–Crippen LogP) is 0.781. The molecule has 0 saturated carbocycles. The van der Waals surface area contributed by atoms with Gasteiger partial charge in [0.25, 0.3) is 0 Å². The molecule has 0 saturated heterocycles. The number of nitrogens with zero attached hydrogens (tertiary/aromatic N) is 1. The summed E-state index contributed by atoms with van der Waals surface area (Å²) < 4.78 is 4.99. The van der Waals surface area contributed by atoms with Crippen molar-refractivity contribution in [1.29, 1.82) is 5.26 Å². The van der Waals surface area contributed by atoms with E-state index in [0.29, 0.717) is 0 Å². The SMILES string of the molecule is C[C@@H](C#N)C[C@@H](NC(=O)[C@@H](NC(=O)OCc1ccccc1)[C@@H](C)O)C(=O)O. The zero-order chi connectivity index (χ0) is 20.4. The lowest BCUT2D eigenvalue weighted by molar-refractivity contribution is -0.142. The number of hydrogen-bond acceptors (Lipinski definition) is 6. The Hall–Kier alpha value is -3.12. The number of alkyl carbamates (subject to hydrolysis) is 1. The second kappa shape index (κ2) is 10.8. The number of carbonyl (C=O) groups is 3. The monoisotopic (exact) mass is 377 g/mol. The maximum Gasteiger partial charge on any atom is 0.408 e. The highest BCUT2D eigenvalue weighted by atomic mass is 16.5. The maximum atomic E-state index is 12.3. The van der Waals surface area contributed by atoms with Gasteiger partial charge < -0.3 is 25.6 Å². The van der Waals surface area contributed by atoms with E-state index in [0.717, 1.165) is 5.56 Å². The Balaban J connectivity index is 2.67. The first-order valence-corrected chi connectivity index (χ1v) is 8.32. The van der Waals surface area contributed by atoms with Gasteiger partial charge in [0.15, 0.2) is 0 Å². The van der Waals surface area contributed by atoms with Crippen LogP contribution in [0.5, 0.6) is 0 Å². The summed E-state index contributed by atoms with van der Waals surface area (Å²) in [6.07, 6.45) is -2.34. The molecule has 0 unspecified atom stereocenters. The number of nitriles is 1. The lowest BCUT2D eigenvalue weighted by Gasteiger charge is -2.23. The first-order chi connectivity index (χ1) is 12.7. The molecule has 27 heavy (non-hydrogen) atoms. The predicted molar refractivity (Wildman–Crippen MR) is 94.2 cm³/mol. The topological polar surface area (TPSA) is 149 Å². The standard InChI is InChI=1S/C18H23N3O6/c1-11(9-19)8-14(17(24)25)20-16(23)15(12(2)22)21-18(26)27-10-13-6-4-3-5-7-13/h3-7,11-12,14-15,22H,8,10H2,1-2H3,(H,20,23)(H,21,26)(H,24,25)/t11-,12-,14-,15+/m1/s1. The van der Waals surface area contributed by atoms with Crippen molar-refractivity contribution in [2.75, 3.05) is 0 Å². The summed E-state index contributed by atoms with van der Waals surface area (Å²) >= 11 is 0. The molecule has 1 aromatic rings. The molecule has 0 aliphatic heterocycles. The summed E-state index contributed by atoms with van der Waals surface area (Å²) in [5.41, 5.74) is 0.738. The molecule has 0 spiro atoms. The van der Waals surface area contributed by atoms with E-state index in [9.17, 15) is 24.6 Å². The van der Waals surface area contributed by atoms with Crippen LogP contribution in [0.3, 0.4) is 0 Å². The molecule has 4 N–H and O–H groups in total. The Morgan fingerprint density at radius 3 is 2.33 bits per heavy atom. The van der Waals surface area contributed by atoms with Crippen LogP contribution < -0.4 is 10.6 Å². The molecule has 0 aliphatic rings. The van der Waals surface area contributed by atoms with Crippen LogP contribution in [0, 0.1) is 17.2 Å². The molecule has 0 heterocycles. The molecule has 0 aromatic heterocycles. The molecule has 0 radical (unpaired) electrons. The van der Waals surface area contributed by atoms with Crippen molar-refractivity contribution in [2.45, 2.75) is 45.1 Å². The molecule has 0 aliphatic carbocycles. The van der Waals surface area contributed by atoms with Gasteiger partial charge in [0.1, 0.15) is 18.7 Å². The van der Waals surface area contributed by atoms with Gasteiger partial charge in [0.05, 0.1) is 12.2 Å². The van der Waals surface area contributed by atoms with Gasteiger partial charge in [-0.05, 0) is 25.8 Å². The summed E-state index contributed by atoms with van der Waals surface area (Å²) in [6, 6.07) is 8.01. The van der Waals surface area contributed by atoms with Crippen molar-refractivity contribution in [1.82, 2.24) is 10.6 Å². The van der Waals surface area contributed by atoms with Gasteiger partial charge in [-0.1, -0.05) is 30.3 Å². The first-order valence-electron chi connectivity index (χ1n) is 8.32. The highest BCUT2D eigenvalue weighted by Gasteiger charge is 2.30. The number of aliphatic hydroxyl groups is 1. The number of aliphatic hydroxyl groups excluding tert-OH is 1. The molecule has 0 bridgehead atoms. The lowest BCUT2D eigenvalue weighted by atomic mass is 10.0. The molecule has 9 heteroatoms. The van der Waals surface area contributed by atoms with Crippen LogP contribution in [0.1, 0.15) is 25.8 Å². The number of benzene rings is 1. The first kappa shape index (κ1) is 21.9. The molecule has 0 fully saturated rings. The van der Waals surface area contributed by atoms with Crippen LogP contribution in [0.25, 0.3) is 0 Å². The summed E-state index contributed by atoms with van der Waals surface area (Å²) in [5.74, 6) is -2.80. The minimum atomic E-state index is -1.41. The minimum Gasteiger partial charge on any atom is -0.480 e. The summed E-state index contributed by atoms with van der Waals surface area (Å²) in [6.45, 7) is 2.76. The number of carboxylic acid groups (broad SMARTS) is 1. The third-order valence-corrected chi connectivity index (χ3v) is 3.68. The van der Waals surface area contributed by atoms with E-state index >= 15 is 0 Å². The fourth-order valence-corrected chi connectivity index (χ4v) is 2.19. The second-order valence-electron chi connectivity index (χ2n) is 6.09. The number of aliphatic carboxylic acids is 1. The normalized spacial score (nSPS) is 14.7. The van der Waals surface area contributed by atoms with E-state index in [1.54, 1.807) is 24.3 Å². The van der Waals surface area contributed by atoms with Gasteiger partial charge in [-0.15, -0.1) is 0 Å². The Labute approximate surface area is 156 Å². The summed E-state index contributed by atoms with van der Waals surface area (Å²) in [4.78, 5) is 35.4. The molecule has 1 rings (SSSR count). The molecule has 1 aromatic carbocycles. The largest absolute Gasteiger partial charge is 0.480 e. The van der Waals surface area contributed by atoms with Crippen molar-refractivity contribution in [3.63, 3.8) is 0 Å².